The summed E-state index contributed by atoms with van der Waals surface area (Å²) in [4.78, 5) is 4.88. The molecular weight excluding hydrogens is 448 g/mol. The average molecular weight is 471 g/mol. The first-order valence-corrected chi connectivity index (χ1v) is 12.3. The minimum atomic E-state index is -3.33. The Hall–Kier alpha value is -3.08. The molecule has 1 heterocycles. The molecule has 166 valence electrons. The summed E-state index contributed by atoms with van der Waals surface area (Å²) in [5.41, 5.74) is 2.94. The maximum Gasteiger partial charge on any atom is 0.232 e. The fraction of sp³-hybridized carbons (Fsp3) is 0.250. The van der Waals surface area contributed by atoms with Crippen molar-refractivity contribution in [2.24, 2.45) is 0 Å². The predicted octanol–water partition coefficient (Wildman–Crippen LogP) is 5.53. The van der Waals surface area contributed by atoms with Crippen LogP contribution in [0, 0.1) is 11.3 Å². The van der Waals surface area contributed by atoms with Crippen LogP contribution in [0.4, 0.5) is 0 Å². The van der Waals surface area contributed by atoms with E-state index in [0.717, 1.165) is 19.1 Å². The number of sulfone groups is 1. The van der Waals surface area contributed by atoms with Crippen molar-refractivity contribution in [3.63, 3.8) is 0 Å². The average Bonchev–Trinajstić information content (AvgIpc) is 2.78. The third-order valence-corrected chi connectivity index (χ3v) is 6.29. The van der Waals surface area contributed by atoms with Crippen LogP contribution in [0.5, 0.6) is 11.6 Å². The molecule has 0 unspecified atom stereocenters. The lowest BCUT2D eigenvalue weighted by Crippen LogP contribution is -2.03. The van der Waals surface area contributed by atoms with Crippen LogP contribution >= 0.6 is 11.6 Å². The van der Waals surface area contributed by atoms with Gasteiger partial charge in [0, 0.05) is 17.4 Å². The van der Waals surface area contributed by atoms with Gasteiger partial charge in [-0.25, -0.2) is 13.4 Å². The lowest BCUT2D eigenvalue weighted by atomic mass is 9.97. The molecule has 0 spiro atoms. The zero-order valence-corrected chi connectivity index (χ0v) is 19.6. The number of unbranched alkanes of at least 4 members (excludes halogenated alkanes) is 1. The van der Waals surface area contributed by atoms with Crippen molar-refractivity contribution in [3.05, 3.63) is 59.1 Å². The number of halogens is 1. The number of aromatic nitrogens is 1. The monoisotopic (exact) mass is 470 g/mol. The molecule has 0 N–H and O–H groups in total. The van der Waals surface area contributed by atoms with Gasteiger partial charge in [-0.05, 0) is 48.4 Å². The summed E-state index contributed by atoms with van der Waals surface area (Å²) in [7, 11) is -1.79. The highest BCUT2D eigenvalue weighted by molar-refractivity contribution is 7.90. The molecule has 3 rings (SSSR count). The first-order chi connectivity index (χ1) is 15.3. The second-order valence-corrected chi connectivity index (χ2v) is 9.62. The van der Waals surface area contributed by atoms with E-state index in [-0.39, 0.29) is 10.8 Å². The van der Waals surface area contributed by atoms with Crippen molar-refractivity contribution >= 4 is 21.4 Å². The molecular formula is C24H23ClN2O4S. The molecule has 0 saturated heterocycles. The van der Waals surface area contributed by atoms with Crippen molar-refractivity contribution in [2.45, 2.75) is 24.7 Å². The predicted molar refractivity (Wildman–Crippen MR) is 125 cm³/mol. The second kappa shape index (κ2) is 10.0. The van der Waals surface area contributed by atoms with E-state index in [4.69, 9.17) is 21.1 Å². The minimum Gasteiger partial charge on any atom is -0.495 e. The summed E-state index contributed by atoms with van der Waals surface area (Å²) in [5, 5.41) is 10.1. The highest BCUT2D eigenvalue weighted by Gasteiger charge is 2.18. The number of hydrogen-bond acceptors (Lipinski definition) is 6. The van der Waals surface area contributed by atoms with Crippen molar-refractivity contribution in [1.29, 1.82) is 5.26 Å². The minimum absolute atomic E-state index is 0.211. The van der Waals surface area contributed by atoms with Crippen LogP contribution in [-0.2, 0) is 9.84 Å². The van der Waals surface area contributed by atoms with E-state index in [2.05, 4.69) is 18.0 Å². The van der Waals surface area contributed by atoms with Gasteiger partial charge in [-0.15, -0.1) is 0 Å². The fourth-order valence-corrected chi connectivity index (χ4v) is 4.02. The van der Waals surface area contributed by atoms with Gasteiger partial charge in [0.25, 0.3) is 0 Å². The Kier molecular flexibility index (Phi) is 7.39. The Morgan fingerprint density at radius 3 is 2.34 bits per heavy atom. The Bertz CT molecular complexity index is 1270. The van der Waals surface area contributed by atoms with E-state index in [1.807, 2.05) is 6.07 Å². The SMILES string of the molecule is CCCCOc1nc(-c2ccc(OC)c(Cl)c2)c(-c2ccc(S(C)(=O)=O)cc2)cc1C#N. The second-order valence-electron chi connectivity index (χ2n) is 7.20. The number of nitriles is 1. The first-order valence-electron chi connectivity index (χ1n) is 10.0. The maximum absolute atomic E-state index is 11.8. The summed E-state index contributed by atoms with van der Waals surface area (Å²) in [5.74, 6) is 0.780. The van der Waals surface area contributed by atoms with Crippen LogP contribution in [0.1, 0.15) is 25.3 Å². The molecule has 0 atom stereocenters. The van der Waals surface area contributed by atoms with Gasteiger partial charge in [0.1, 0.15) is 17.4 Å². The molecule has 0 bridgehead atoms. The molecule has 3 aromatic rings. The zero-order valence-electron chi connectivity index (χ0n) is 18.1. The van der Waals surface area contributed by atoms with E-state index >= 15 is 0 Å². The Labute approximate surface area is 193 Å². The molecule has 0 saturated carbocycles. The van der Waals surface area contributed by atoms with Gasteiger partial charge in [-0.2, -0.15) is 5.26 Å². The molecule has 0 fully saturated rings. The molecule has 1 aromatic heterocycles. The molecule has 0 amide bonds. The van der Waals surface area contributed by atoms with E-state index in [1.54, 1.807) is 30.3 Å². The zero-order chi connectivity index (χ0) is 23.3. The van der Waals surface area contributed by atoms with Crippen LogP contribution < -0.4 is 9.47 Å². The van der Waals surface area contributed by atoms with E-state index in [1.165, 1.54) is 19.2 Å². The van der Waals surface area contributed by atoms with E-state index in [0.29, 0.717) is 45.3 Å². The van der Waals surface area contributed by atoms with Gasteiger partial charge in [-0.1, -0.05) is 37.1 Å². The van der Waals surface area contributed by atoms with Crippen molar-refractivity contribution < 1.29 is 17.9 Å². The van der Waals surface area contributed by atoms with Gasteiger partial charge < -0.3 is 9.47 Å². The smallest absolute Gasteiger partial charge is 0.232 e. The van der Waals surface area contributed by atoms with Crippen molar-refractivity contribution in [1.82, 2.24) is 4.98 Å². The maximum atomic E-state index is 11.8. The Morgan fingerprint density at radius 1 is 1.09 bits per heavy atom. The lowest BCUT2D eigenvalue weighted by Gasteiger charge is -2.15. The quantitative estimate of drug-likeness (QED) is 0.402. The third-order valence-electron chi connectivity index (χ3n) is 4.86. The molecule has 2 aromatic carbocycles. The van der Waals surface area contributed by atoms with Crippen LogP contribution in [0.3, 0.4) is 0 Å². The number of benzene rings is 2. The van der Waals surface area contributed by atoms with E-state index in [9.17, 15) is 13.7 Å². The summed E-state index contributed by atoms with van der Waals surface area (Å²) < 4.78 is 34.7. The number of pyridine rings is 1. The summed E-state index contributed by atoms with van der Waals surface area (Å²) in [6.07, 6.45) is 2.95. The summed E-state index contributed by atoms with van der Waals surface area (Å²) in [6.45, 7) is 2.50. The van der Waals surface area contributed by atoms with Crippen LogP contribution in [0.2, 0.25) is 5.02 Å². The number of methoxy groups -OCH3 is 1. The van der Waals surface area contributed by atoms with Crippen LogP contribution in [0.25, 0.3) is 22.4 Å². The fourth-order valence-electron chi connectivity index (χ4n) is 3.14. The number of ether oxygens (including phenoxy) is 2. The molecule has 0 aliphatic carbocycles. The largest absolute Gasteiger partial charge is 0.495 e. The highest BCUT2D eigenvalue weighted by Crippen LogP contribution is 2.37. The number of hydrogen-bond donors (Lipinski definition) is 0. The standard InChI is InChI=1S/C24H23ClN2O4S/c1-4-5-12-31-24-18(15-26)13-20(16-6-9-19(10-7-16)32(3,28)29)23(27-24)17-8-11-22(30-2)21(25)14-17/h6-11,13-14H,4-5,12H2,1-3H3. The number of nitrogens with zero attached hydrogens (tertiary/aromatic N) is 2. The third kappa shape index (κ3) is 5.21. The molecule has 0 aliphatic rings. The van der Waals surface area contributed by atoms with Crippen LogP contribution in [-0.4, -0.2) is 33.4 Å². The van der Waals surface area contributed by atoms with Crippen LogP contribution in [0.15, 0.2) is 53.4 Å². The van der Waals surface area contributed by atoms with Gasteiger partial charge in [-0.3, -0.25) is 0 Å². The van der Waals surface area contributed by atoms with Gasteiger partial charge >= 0.3 is 0 Å². The molecule has 32 heavy (non-hydrogen) atoms. The molecule has 8 heteroatoms. The normalized spacial score (nSPS) is 11.1. The first kappa shape index (κ1) is 23.6. The molecule has 0 radical (unpaired) electrons. The van der Waals surface area contributed by atoms with E-state index < -0.39 is 9.84 Å². The van der Waals surface area contributed by atoms with Crippen molar-refractivity contribution in [2.75, 3.05) is 20.0 Å². The molecule has 0 aliphatic heterocycles. The topological polar surface area (TPSA) is 89.3 Å². The van der Waals surface area contributed by atoms with Gasteiger partial charge in [0.05, 0.1) is 29.3 Å². The Balaban J connectivity index is 2.20. The molecule has 6 nitrogen and oxygen atoms in total. The van der Waals surface area contributed by atoms with Gasteiger partial charge in [0.2, 0.25) is 5.88 Å². The van der Waals surface area contributed by atoms with Crippen molar-refractivity contribution in [3.8, 4) is 40.1 Å². The lowest BCUT2D eigenvalue weighted by molar-refractivity contribution is 0.297. The number of rotatable bonds is 8. The van der Waals surface area contributed by atoms with Gasteiger partial charge in [0.15, 0.2) is 9.84 Å². The summed E-state index contributed by atoms with van der Waals surface area (Å²) >= 11 is 6.35. The summed E-state index contributed by atoms with van der Waals surface area (Å²) in [6, 6.07) is 15.6. The Morgan fingerprint density at radius 2 is 1.78 bits per heavy atom. The highest BCUT2D eigenvalue weighted by atomic mass is 35.5.